The lowest BCUT2D eigenvalue weighted by molar-refractivity contribution is -0.135. The molecule has 0 amide bonds. The van der Waals surface area contributed by atoms with Gasteiger partial charge in [-0.2, -0.15) is 0 Å². The molecule has 1 aliphatic carbocycles. The van der Waals surface area contributed by atoms with Crippen LogP contribution in [0.4, 0.5) is 0 Å². The Morgan fingerprint density at radius 3 is 2.14 bits per heavy atom. The quantitative estimate of drug-likeness (QED) is 0.397. The number of ether oxygens (including phenoxy) is 2. The first kappa shape index (κ1) is 11.9. The molecule has 0 spiro atoms. The van der Waals surface area contributed by atoms with E-state index in [1.807, 2.05) is 0 Å². The van der Waals surface area contributed by atoms with Crippen LogP contribution in [0, 0.1) is 5.92 Å². The molecule has 1 fully saturated rings. The number of hydrogen-bond acceptors (Lipinski definition) is 4. The van der Waals surface area contributed by atoms with Crippen LogP contribution in [0.25, 0.3) is 0 Å². The normalized spacial score (nSPS) is 21.4. The van der Waals surface area contributed by atoms with Gasteiger partial charge in [-0.15, -0.1) is 0 Å². The Kier molecular flexibility index (Phi) is 5.40. The van der Waals surface area contributed by atoms with Crippen LogP contribution in [-0.4, -0.2) is 26.6 Å². The van der Waals surface area contributed by atoms with Gasteiger partial charge in [0.2, 0.25) is 0 Å². The highest BCUT2D eigenvalue weighted by molar-refractivity contribution is 4.80. The maximum Gasteiger partial charge on any atom is 0.173 e. The summed E-state index contributed by atoms with van der Waals surface area (Å²) in [6.45, 7) is 0. The largest absolute Gasteiger partial charge is 0.354 e. The molecule has 4 heteroatoms. The van der Waals surface area contributed by atoms with E-state index in [4.69, 9.17) is 15.3 Å². The van der Waals surface area contributed by atoms with Crippen molar-refractivity contribution < 1.29 is 9.47 Å². The minimum atomic E-state index is -0.233. The predicted molar refractivity (Wildman–Crippen MR) is 55.5 cm³/mol. The smallest absolute Gasteiger partial charge is 0.173 e. The van der Waals surface area contributed by atoms with Crippen molar-refractivity contribution >= 4 is 0 Å². The number of rotatable bonds is 5. The van der Waals surface area contributed by atoms with Crippen LogP contribution in [0.2, 0.25) is 0 Å². The number of hydrogen-bond donors (Lipinski definition) is 2. The summed E-state index contributed by atoms with van der Waals surface area (Å²) in [4.78, 5) is 0. The molecule has 0 radical (unpaired) electrons. The third-order valence-electron chi connectivity index (χ3n) is 3.11. The molecule has 84 valence electrons. The van der Waals surface area contributed by atoms with Crippen LogP contribution in [0.1, 0.15) is 32.1 Å². The molecule has 3 N–H and O–H groups in total. The highest BCUT2D eigenvalue weighted by Gasteiger charge is 2.29. The van der Waals surface area contributed by atoms with Crippen molar-refractivity contribution in [3.05, 3.63) is 0 Å². The minimum absolute atomic E-state index is 0.116. The molecular weight excluding hydrogens is 180 g/mol. The first-order chi connectivity index (χ1) is 6.83. The van der Waals surface area contributed by atoms with Crippen LogP contribution in [-0.2, 0) is 9.47 Å². The monoisotopic (exact) mass is 202 g/mol. The summed E-state index contributed by atoms with van der Waals surface area (Å²) in [6, 6.07) is 0.116. The van der Waals surface area contributed by atoms with E-state index in [0.717, 1.165) is 0 Å². The van der Waals surface area contributed by atoms with Crippen molar-refractivity contribution in [3.8, 4) is 0 Å². The molecule has 1 atom stereocenters. The highest BCUT2D eigenvalue weighted by Crippen LogP contribution is 2.28. The predicted octanol–water partition coefficient (Wildman–Crippen LogP) is 1.02. The van der Waals surface area contributed by atoms with Crippen molar-refractivity contribution in [3.63, 3.8) is 0 Å². The number of methoxy groups -OCH3 is 2. The molecule has 0 aliphatic heterocycles. The lowest BCUT2D eigenvalue weighted by atomic mass is 9.84. The van der Waals surface area contributed by atoms with E-state index >= 15 is 0 Å². The summed E-state index contributed by atoms with van der Waals surface area (Å²) < 4.78 is 10.5. The lowest BCUT2D eigenvalue weighted by Crippen LogP contribution is -2.50. The van der Waals surface area contributed by atoms with E-state index in [1.54, 1.807) is 14.2 Å². The molecule has 14 heavy (non-hydrogen) atoms. The van der Waals surface area contributed by atoms with Crippen LogP contribution < -0.4 is 11.3 Å². The average molecular weight is 202 g/mol. The molecule has 0 saturated heterocycles. The molecule has 0 bridgehead atoms. The molecule has 1 unspecified atom stereocenters. The SMILES string of the molecule is COC(OC)C(NN)C1CCCCC1. The second-order valence-electron chi connectivity index (χ2n) is 3.93. The second-order valence-corrected chi connectivity index (χ2v) is 3.93. The molecule has 0 aromatic rings. The van der Waals surface area contributed by atoms with Crippen LogP contribution in [0.15, 0.2) is 0 Å². The lowest BCUT2D eigenvalue weighted by Gasteiger charge is -2.33. The Bertz CT molecular complexity index is 145. The van der Waals surface area contributed by atoms with Crippen molar-refractivity contribution in [2.24, 2.45) is 11.8 Å². The zero-order valence-corrected chi connectivity index (χ0v) is 9.16. The maximum atomic E-state index is 5.55. The van der Waals surface area contributed by atoms with E-state index in [1.165, 1.54) is 32.1 Å². The molecule has 0 heterocycles. The van der Waals surface area contributed by atoms with E-state index in [0.29, 0.717) is 5.92 Å². The maximum absolute atomic E-state index is 5.55. The minimum Gasteiger partial charge on any atom is -0.354 e. The summed E-state index contributed by atoms with van der Waals surface area (Å²) in [6.07, 6.45) is 6.14. The van der Waals surface area contributed by atoms with Gasteiger partial charge in [0.25, 0.3) is 0 Å². The van der Waals surface area contributed by atoms with Crippen molar-refractivity contribution in [2.45, 2.75) is 44.4 Å². The standard InChI is InChI=1S/C10H22N2O2/c1-13-10(14-2)9(12-11)8-6-4-3-5-7-8/h8-10,12H,3-7,11H2,1-2H3. The first-order valence-electron chi connectivity index (χ1n) is 5.35. The Hall–Kier alpha value is -0.160. The van der Waals surface area contributed by atoms with E-state index in [-0.39, 0.29) is 12.3 Å². The number of hydrazine groups is 1. The Morgan fingerprint density at radius 2 is 1.71 bits per heavy atom. The fourth-order valence-electron chi connectivity index (χ4n) is 2.32. The Morgan fingerprint density at radius 1 is 1.14 bits per heavy atom. The highest BCUT2D eigenvalue weighted by atomic mass is 16.7. The van der Waals surface area contributed by atoms with Gasteiger partial charge < -0.3 is 9.47 Å². The third kappa shape index (κ3) is 2.92. The van der Waals surface area contributed by atoms with Crippen LogP contribution >= 0.6 is 0 Å². The van der Waals surface area contributed by atoms with E-state index in [9.17, 15) is 0 Å². The summed E-state index contributed by atoms with van der Waals surface area (Å²) >= 11 is 0. The van der Waals surface area contributed by atoms with Gasteiger partial charge in [0.1, 0.15) is 0 Å². The van der Waals surface area contributed by atoms with E-state index < -0.39 is 0 Å². The molecule has 4 nitrogen and oxygen atoms in total. The van der Waals surface area contributed by atoms with Gasteiger partial charge in [-0.1, -0.05) is 19.3 Å². The second kappa shape index (κ2) is 6.35. The zero-order chi connectivity index (χ0) is 10.4. The summed E-state index contributed by atoms with van der Waals surface area (Å²) in [7, 11) is 3.31. The van der Waals surface area contributed by atoms with Gasteiger partial charge in [0.05, 0.1) is 6.04 Å². The first-order valence-corrected chi connectivity index (χ1v) is 5.35. The van der Waals surface area contributed by atoms with Crippen molar-refractivity contribution in [2.75, 3.05) is 14.2 Å². The fourth-order valence-corrected chi connectivity index (χ4v) is 2.32. The molecule has 1 saturated carbocycles. The van der Waals surface area contributed by atoms with Gasteiger partial charge in [0.15, 0.2) is 6.29 Å². The molecular formula is C10H22N2O2. The molecule has 0 aromatic heterocycles. The van der Waals surface area contributed by atoms with Crippen molar-refractivity contribution in [1.82, 2.24) is 5.43 Å². The number of nitrogens with two attached hydrogens (primary N) is 1. The summed E-state index contributed by atoms with van der Waals surface area (Å²) in [5, 5.41) is 0. The van der Waals surface area contributed by atoms with Crippen LogP contribution in [0.5, 0.6) is 0 Å². The fraction of sp³-hybridized carbons (Fsp3) is 1.00. The molecule has 1 aliphatic rings. The third-order valence-corrected chi connectivity index (χ3v) is 3.11. The van der Waals surface area contributed by atoms with Crippen molar-refractivity contribution in [1.29, 1.82) is 0 Å². The topological polar surface area (TPSA) is 56.5 Å². The van der Waals surface area contributed by atoms with Crippen LogP contribution in [0.3, 0.4) is 0 Å². The zero-order valence-electron chi connectivity index (χ0n) is 9.16. The Balaban J connectivity index is 2.49. The summed E-state index contributed by atoms with van der Waals surface area (Å²) in [5.41, 5.74) is 2.82. The molecule has 0 aromatic carbocycles. The van der Waals surface area contributed by atoms with E-state index in [2.05, 4.69) is 5.43 Å². The summed E-state index contributed by atoms with van der Waals surface area (Å²) in [5.74, 6) is 6.13. The Labute approximate surface area is 86.1 Å². The average Bonchev–Trinajstić information content (AvgIpc) is 2.27. The van der Waals surface area contributed by atoms with Gasteiger partial charge in [0, 0.05) is 14.2 Å². The molecule has 1 rings (SSSR count). The number of nitrogens with one attached hydrogen (secondary N) is 1. The van der Waals surface area contributed by atoms with Gasteiger partial charge >= 0.3 is 0 Å². The van der Waals surface area contributed by atoms with Gasteiger partial charge in [-0.05, 0) is 18.8 Å². The van der Waals surface area contributed by atoms with Gasteiger partial charge in [-0.3, -0.25) is 11.3 Å². The van der Waals surface area contributed by atoms with Gasteiger partial charge in [-0.25, -0.2) is 0 Å².